The second kappa shape index (κ2) is 6.21. The van der Waals surface area contributed by atoms with Crippen molar-refractivity contribution in [1.29, 1.82) is 0 Å². The first-order chi connectivity index (χ1) is 13.2. The summed E-state index contributed by atoms with van der Waals surface area (Å²) in [6.45, 7) is 3.04. The Morgan fingerprint density at radius 2 is 1.96 bits per heavy atom. The number of para-hydroxylation sites is 1. The number of aromatic nitrogens is 4. The fraction of sp³-hybridized carbons (Fsp3) is 0.150. The van der Waals surface area contributed by atoms with Crippen LogP contribution >= 0.6 is 12.2 Å². The van der Waals surface area contributed by atoms with Gasteiger partial charge in [0, 0.05) is 23.1 Å². The number of ether oxygens (including phenoxy) is 2. The summed E-state index contributed by atoms with van der Waals surface area (Å²) in [6, 6.07) is 16.0. The molecule has 0 amide bonds. The Labute approximate surface area is 160 Å². The van der Waals surface area contributed by atoms with Gasteiger partial charge >= 0.3 is 0 Å². The van der Waals surface area contributed by atoms with Crippen LogP contribution < -0.4 is 9.47 Å². The second-order valence-corrected chi connectivity index (χ2v) is 6.62. The van der Waals surface area contributed by atoms with Crippen molar-refractivity contribution in [3.05, 3.63) is 53.3 Å². The number of aromatic amines is 1. The highest BCUT2D eigenvalue weighted by Gasteiger charge is 2.17. The first-order valence-corrected chi connectivity index (χ1v) is 9.11. The van der Waals surface area contributed by atoms with Crippen molar-refractivity contribution in [2.75, 3.05) is 6.79 Å². The summed E-state index contributed by atoms with van der Waals surface area (Å²) in [6.07, 6.45) is 0. The third-order valence-corrected chi connectivity index (χ3v) is 5.01. The lowest BCUT2D eigenvalue weighted by Crippen LogP contribution is -1.99. The summed E-state index contributed by atoms with van der Waals surface area (Å²) < 4.78 is 13.5. The van der Waals surface area contributed by atoms with Gasteiger partial charge in [-0.3, -0.25) is 5.10 Å². The number of hydrogen-bond donors (Lipinski definition) is 1. The fourth-order valence-corrected chi connectivity index (χ4v) is 3.64. The first kappa shape index (κ1) is 16.0. The molecule has 1 aliphatic rings. The molecule has 2 aromatic heterocycles. The summed E-state index contributed by atoms with van der Waals surface area (Å²) in [7, 11) is 0. The molecule has 7 heteroatoms. The van der Waals surface area contributed by atoms with E-state index in [0.717, 1.165) is 51.6 Å². The zero-order valence-electron chi connectivity index (χ0n) is 14.6. The van der Waals surface area contributed by atoms with E-state index in [0.29, 0.717) is 4.77 Å². The zero-order valence-corrected chi connectivity index (χ0v) is 15.4. The van der Waals surface area contributed by atoms with E-state index in [1.165, 1.54) is 0 Å². The quantitative estimate of drug-likeness (QED) is 0.531. The number of H-pyrrole nitrogens is 1. The molecule has 0 spiro atoms. The maximum absolute atomic E-state index is 5.52. The summed E-state index contributed by atoms with van der Waals surface area (Å²) in [5, 5.41) is 8.41. The van der Waals surface area contributed by atoms with Gasteiger partial charge in [0.05, 0.1) is 11.2 Å². The normalized spacial score (nSPS) is 12.6. The molecule has 4 aromatic rings. The zero-order chi connectivity index (χ0) is 18.4. The standard InChI is InChI=1S/C20H16N4O2S/c1-2-24-19(22-23-20(24)27)14-10-16(21-15-6-4-3-5-13(14)15)12-7-8-17-18(9-12)26-11-25-17/h3-10H,2,11H2,1H3,(H,23,27). The van der Waals surface area contributed by atoms with Crippen molar-refractivity contribution in [2.24, 2.45) is 0 Å². The van der Waals surface area contributed by atoms with Gasteiger partial charge in [-0.25, -0.2) is 4.98 Å². The van der Waals surface area contributed by atoms with Crippen molar-refractivity contribution >= 4 is 23.1 Å². The lowest BCUT2D eigenvalue weighted by Gasteiger charge is -2.11. The van der Waals surface area contributed by atoms with Crippen LogP contribution in [0.3, 0.4) is 0 Å². The molecule has 0 saturated carbocycles. The van der Waals surface area contributed by atoms with Crippen LogP contribution in [0, 0.1) is 4.77 Å². The number of pyridine rings is 1. The molecule has 5 rings (SSSR count). The van der Waals surface area contributed by atoms with Crippen molar-refractivity contribution in [2.45, 2.75) is 13.5 Å². The Morgan fingerprint density at radius 1 is 1.11 bits per heavy atom. The number of nitrogens with one attached hydrogen (secondary N) is 1. The minimum Gasteiger partial charge on any atom is -0.454 e. The van der Waals surface area contributed by atoms with Crippen LogP contribution in [-0.2, 0) is 6.54 Å². The first-order valence-electron chi connectivity index (χ1n) is 8.70. The molecule has 1 N–H and O–H groups in total. The summed E-state index contributed by atoms with van der Waals surface area (Å²) in [5.41, 5.74) is 3.70. The molecule has 0 radical (unpaired) electrons. The minimum absolute atomic E-state index is 0.251. The van der Waals surface area contributed by atoms with Gasteiger partial charge in [-0.05, 0) is 49.5 Å². The number of rotatable bonds is 3. The van der Waals surface area contributed by atoms with Crippen LogP contribution in [0.4, 0.5) is 0 Å². The summed E-state index contributed by atoms with van der Waals surface area (Å²) in [4.78, 5) is 4.85. The molecular formula is C20H16N4O2S. The Hall–Kier alpha value is -3.19. The summed E-state index contributed by atoms with van der Waals surface area (Å²) >= 11 is 5.37. The van der Waals surface area contributed by atoms with E-state index in [4.69, 9.17) is 26.7 Å². The van der Waals surface area contributed by atoms with E-state index in [-0.39, 0.29) is 6.79 Å². The molecule has 3 heterocycles. The molecular weight excluding hydrogens is 360 g/mol. The molecule has 0 fully saturated rings. The van der Waals surface area contributed by atoms with Crippen molar-refractivity contribution < 1.29 is 9.47 Å². The summed E-state index contributed by atoms with van der Waals surface area (Å²) in [5.74, 6) is 2.30. The number of hydrogen-bond acceptors (Lipinski definition) is 5. The van der Waals surface area contributed by atoms with Gasteiger partial charge in [0.25, 0.3) is 0 Å². The van der Waals surface area contributed by atoms with Gasteiger partial charge < -0.3 is 14.0 Å². The monoisotopic (exact) mass is 376 g/mol. The van der Waals surface area contributed by atoms with Gasteiger partial charge in [-0.2, -0.15) is 5.10 Å². The van der Waals surface area contributed by atoms with E-state index >= 15 is 0 Å². The highest BCUT2D eigenvalue weighted by atomic mass is 32.1. The molecule has 0 aliphatic carbocycles. The molecule has 6 nitrogen and oxygen atoms in total. The SMILES string of the molecule is CCn1c(-c2cc(-c3ccc4c(c3)OCO4)nc3ccccc23)n[nH]c1=S. The lowest BCUT2D eigenvalue weighted by molar-refractivity contribution is 0.174. The van der Waals surface area contributed by atoms with Crippen molar-refractivity contribution in [1.82, 2.24) is 19.7 Å². The van der Waals surface area contributed by atoms with Crippen LogP contribution in [0.15, 0.2) is 48.5 Å². The molecule has 134 valence electrons. The topological polar surface area (TPSA) is 65.0 Å². The van der Waals surface area contributed by atoms with Gasteiger partial charge in [0.1, 0.15) is 0 Å². The van der Waals surface area contributed by atoms with Gasteiger partial charge in [-0.1, -0.05) is 18.2 Å². The molecule has 1 aliphatic heterocycles. The smallest absolute Gasteiger partial charge is 0.231 e. The Bertz CT molecular complexity index is 1230. The second-order valence-electron chi connectivity index (χ2n) is 6.24. The van der Waals surface area contributed by atoms with E-state index < -0.39 is 0 Å². The average Bonchev–Trinajstić information content (AvgIpc) is 3.32. The molecule has 0 atom stereocenters. The van der Waals surface area contributed by atoms with Crippen LogP contribution in [0.2, 0.25) is 0 Å². The highest BCUT2D eigenvalue weighted by Crippen LogP contribution is 2.37. The van der Waals surface area contributed by atoms with Crippen LogP contribution in [0.1, 0.15) is 6.92 Å². The maximum Gasteiger partial charge on any atom is 0.231 e. The predicted molar refractivity (Wildman–Crippen MR) is 105 cm³/mol. The Balaban J connectivity index is 1.77. The third kappa shape index (κ3) is 2.59. The molecule has 0 saturated heterocycles. The predicted octanol–water partition coefficient (Wildman–Crippen LogP) is 4.57. The fourth-order valence-electron chi connectivity index (χ4n) is 3.38. The van der Waals surface area contributed by atoms with Crippen molar-refractivity contribution in [3.8, 4) is 34.1 Å². The molecule has 2 aromatic carbocycles. The lowest BCUT2D eigenvalue weighted by atomic mass is 10.0. The van der Waals surface area contributed by atoms with E-state index in [1.807, 2.05) is 41.0 Å². The molecule has 0 unspecified atom stereocenters. The maximum atomic E-state index is 5.52. The third-order valence-electron chi connectivity index (χ3n) is 4.70. The van der Waals surface area contributed by atoms with Crippen LogP contribution in [0.25, 0.3) is 33.5 Å². The van der Waals surface area contributed by atoms with Crippen LogP contribution in [-0.4, -0.2) is 26.5 Å². The van der Waals surface area contributed by atoms with E-state index in [2.05, 4.69) is 29.3 Å². The Morgan fingerprint density at radius 3 is 2.85 bits per heavy atom. The van der Waals surface area contributed by atoms with Crippen molar-refractivity contribution in [3.63, 3.8) is 0 Å². The van der Waals surface area contributed by atoms with E-state index in [1.54, 1.807) is 0 Å². The highest BCUT2D eigenvalue weighted by molar-refractivity contribution is 7.71. The van der Waals surface area contributed by atoms with Gasteiger partial charge in [0.15, 0.2) is 22.1 Å². The minimum atomic E-state index is 0.251. The largest absolute Gasteiger partial charge is 0.454 e. The number of benzene rings is 2. The Kier molecular flexibility index (Phi) is 3.68. The van der Waals surface area contributed by atoms with Gasteiger partial charge in [-0.15, -0.1) is 0 Å². The van der Waals surface area contributed by atoms with Crippen LogP contribution in [0.5, 0.6) is 11.5 Å². The molecule has 0 bridgehead atoms. The molecule has 27 heavy (non-hydrogen) atoms. The average molecular weight is 376 g/mol. The number of nitrogens with zero attached hydrogens (tertiary/aromatic N) is 3. The number of fused-ring (bicyclic) bond motifs is 2. The van der Waals surface area contributed by atoms with E-state index in [9.17, 15) is 0 Å². The van der Waals surface area contributed by atoms with Gasteiger partial charge in [0.2, 0.25) is 6.79 Å².